The summed E-state index contributed by atoms with van der Waals surface area (Å²) in [4.78, 5) is 15.6. The van der Waals surface area contributed by atoms with E-state index in [2.05, 4.69) is 4.98 Å². The number of carbonyl (C=O) groups is 1. The lowest BCUT2D eigenvalue weighted by Gasteiger charge is -2.12. The molecular weight excluding hydrogens is 253 g/mol. The van der Waals surface area contributed by atoms with Gasteiger partial charge in [-0.25, -0.2) is 9.37 Å². The summed E-state index contributed by atoms with van der Waals surface area (Å²) < 4.78 is 14.6. The van der Waals surface area contributed by atoms with Crippen molar-refractivity contribution in [2.75, 3.05) is 0 Å². The van der Waals surface area contributed by atoms with Crippen LogP contribution in [0.2, 0.25) is 0 Å². The Balaban J connectivity index is 2.27. The zero-order chi connectivity index (χ0) is 13.1. The van der Waals surface area contributed by atoms with Crippen LogP contribution in [0, 0.1) is 5.82 Å². The van der Waals surface area contributed by atoms with Crippen molar-refractivity contribution in [3.63, 3.8) is 0 Å². The van der Waals surface area contributed by atoms with E-state index in [4.69, 9.17) is 5.73 Å². The molecule has 0 radical (unpaired) electrons. The predicted octanol–water partition coefficient (Wildman–Crippen LogP) is 1.88. The molecule has 0 aliphatic heterocycles. The molecule has 1 aromatic heterocycles. The molecule has 0 unspecified atom stereocenters. The lowest BCUT2D eigenvalue weighted by atomic mass is 10.1. The van der Waals surface area contributed by atoms with E-state index < -0.39 is 11.2 Å². The molecule has 1 amide bonds. The highest BCUT2D eigenvalue weighted by Gasteiger charge is 2.21. The lowest BCUT2D eigenvalue weighted by Crippen LogP contribution is -2.19. The van der Waals surface area contributed by atoms with Crippen molar-refractivity contribution in [3.8, 4) is 0 Å². The number of nitrogens with two attached hydrogens (primary N) is 1. The van der Waals surface area contributed by atoms with E-state index in [0.29, 0.717) is 10.7 Å². The molecule has 1 aromatic carbocycles. The largest absolute Gasteiger partial charge is 0.368 e. The Hall–Kier alpha value is -1.82. The molecule has 0 saturated carbocycles. The Morgan fingerprint density at radius 1 is 1.44 bits per heavy atom. The fraction of sp³-hybridized carbons (Fsp3) is 0.167. The molecule has 0 aliphatic carbocycles. The number of carbonyl (C=O) groups excluding carboxylic acids is 1. The highest BCUT2D eigenvalue weighted by atomic mass is 32.2. The molecule has 1 heterocycles. The number of rotatable bonds is 4. The quantitative estimate of drug-likeness (QED) is 0.859. The number of nitrogens with zero attached hydrogens (tertiary/aromatic N) is 2. The van der Waals surface area contributed by atoms with Crippen molar-refractivity contribution in [2.24, 2.45) is 12.8 Å². The smallest absolute Gasteiger partial charge is 0.235 e. The highest BCUT2D eigenvalue weighted by Crippen LogP contribution is 2.33. The van der Waals surface area contributed by atoms with E-state index in [-0.39, 0.29) is 5.82 Å². The van der Waals surface area contributed by atoms with E-state index >= 15 is 0 Å². The molecular formula is C12H12FN3OS. The van der Waals surface area contributed by atoms with Crippen LogP contribution in [0.3, 0.4) is 0 Å². The number of imidazole rings is 1. The van der Waals surface area contributed by atoms with Gasteiger partial charge in [0, 0.05) is 19.4 Å². The summed E-state index contributed by atoms with van der Waals surface area (Å²) in [5.74, 6) is -0.821. The Morgan fingerprint density at radius 2 is 2.11 bits per heavy atom. The van der Waals surface area contributed by atoms with Gasteiger partial charge in [0.05, 0.1) is 0 Å². The van der Waals surface area contributed by atoms with Crippen LogP contribution in [0.5, 0.6) is 0 Å². The van der Waals surface area contributed by atoms with Crippen molar-refractivity contribution in [3.05, 3.63) is 48.0 Å². The molecule has 2 rings (SSSR count). The van der Waals surface area contributed by atoms with Crippen molar-refractivity contribution in [1.29, 1.82) is 0 Å². The molecule has 0 aliphatic rings. The van der Waals surface area contributed by atoms with Gasteiger partial charge < -0.3 is 10.3 Å². The zero-order valence-electron chi connectivity index (χ0n) is 9.71. The van der Waals surface area contributed by atoms with Gasteiger partial charge in [0.25, 0.3) is 0 Å². The average molecular weight is 265 g/mol. The number of halogens is 1. The van der Waals surface area contributed by atoms with Gasteiger partial charge in [0.15, 0.2) is 5.16 Å². The van der Waals surface area contributed by atoms with E-state index in [1.165, 1.54) is 23.9 Å². The van der Waals surface area contributed by atoms with Gasteiger partial charge in [-0.15, -0.1) is 0 Å². The Kier molecular flexibility index (Phi) is 3.66. The van der Waals surface area contributed by atoms with Crippen molar-refractivity contribution < 1.29 is 9.18 Å². The molecule has 0 bridgehead atoms. The molecule has 18 heavy (non-hydrogen) atoms. The van der Waals surface area contributed by atoms with Crippen molar-refractivity contribution in [2.45, 2.75) is 10.4 Å². The van der Waals surface area contributed by atoms with Crippen LogP contribution >= 0.6 is 11.8 Å². The number of primary amides is 1. The highest BCUT2D eigenvalue weighted by molar-refractivity contribution is 8.00. The summed E-state index contributed by atoms with van der Waals surface area (Å²) in [5, 5.41) is 0.106. The maximum Gasteiger partial charge on any atom is 0.235 e. The third-order valence-corrected chi connectivity index (χ3v) is 3.78. The molecule has 0 saturated heterocycles. The van der Waals surface area contributed by atoms with Gasteiger partial charge in [-0.3, -0.25) is 4.79 Å². The number of hydrogen-bond acceptors (Lipinski definition) is 3. The number of hydrogen-bond donors (Lipinski definition) is 1. The molecule has 4 nitrogen and oxygen atoms in total. The minimum atomic E-state index is -0.577. The van der Waals surface area contributed by atoms with E-state index in [1.807, 2.05) is 7.05 Å². The first-order chi connectivity index (χ1) is 8.58. The van der Waals surface area contributed by atoms with Crippen LogP contribution in [-0.2, 0) is 11.8 Å². The molecule has 0 fully saturated rings. The molecule has 0 spiro atoms. The van der Waals surface area contributed by atoms with E-state index in [0.717, 1.165) is 0 Å². The number of thioether (sulfide) groups is 1. The second-order valence-electron chi connectivity index (χ2n) is 3.77. The first-order valence-electron chi connectivity index (χ1n) is 5.26. The molecule has 94 valence electrons. The Bertz CT molecular complexity index is 553. The fourth-order valence-electron chi connectivity index (χ4n) is 1.50. The summed E-state index contributed by atoms with van der Waals surface area (Å²) in [5.41, 5.74) is 6.05. The Labute approximate surface area is 108 Å². The van der Waals surface area contributed by atoms with Gasteiger partial charge in [-0.2, -0.15) is 0 Å². The van der Waals surface area contributed by atoms with Crippen molar-refractivity contribution >= 4 is 17.7 Å². The maximum absolute atomic E-state index is 12.9. The first-order valence-corrected chi connectivity index (χ1v) is 6.14. The van der Waals surface area contributed by atoms with E-state index in [9.17, 15) is 9.18 Å². The molecule has 6 heteroatoms. The number of amides is 1. The second kappa shape index (κ2) is 5.22. The predicted molar refractivity (Wildman–Crippen MR) is 67.4 cm³/mol. The van der Waals surface area contributed by atoms with Crippen LogP contribution in [0.4, 0.5) is 4.39 Å². The molecule has 2 aromatic rings. The zero-order valence-corrected chi connectivity index (χ0v) is 10.5. The summed E-state index contributed by atoms with van der Waals surface area (Å²) in [6.07, 6.45) is 3.43. The van der Waals surface area contributed by atoms with Crippen LogP contribution in [-0.4, -0.2) is 15.5 Å². The lowest BCUT2D eigenvalue weighted by molar-refractivity contribution is -0.117. The average Bonchev–Trinajstić information content (AvgIpc) is 2.73. The van der Waals surface area contributed by atoms with E-state index in [1.54, 1.807) is 29.1 Å². The van der Waals surface area contributed by atoms with Crippen molar-refractivity contribution in [1.82, 2.24) is 9.55 Å². The monoisotopic (exact) mass is 265 g/mol. The van der Waals surface area contributed by atoms with Gasteiger partial charge in [0.2, 0.25) is 5.91 Å². The standard InChI is InChI=1S/C12H12FN3OS/c1-16-7-6-15-12(16)18-10(11(14)17)8-2-4-9(13)5-3-8/h2-7,10H,1H3,(H2,14,17)/t10-/m0/s1. The third kappa shape index (κ3) is 2.70. The molecule has 1 atom stereocenters. The molecule has 2 N–H and O–H groups in total. The minimum Gasteiger partial charge on any atom is -0.368 e. The van der Waals surface area contributed by atoms with Gasteiger partial charge in [-0.05, 0) is 17.7 Å². The summed E-state index contributed by atoms with van der Waals surface area (Å²) >= 11 is 1.24. The fourth-order valence-corrected chi connectivity index (χ4v) is 2.47. The topological polar surface area (TPSA) is 60.9 Å². The van der Waals surface area contributed by atoms with Crippen LogP contribution < -0.4 is 5.73 Å². The van der Waals surface area contributed by atoms with Crippen LogP contribution in [0.1, 0.15) is 10.8 Å². The van der Waals surface area contributed by atoms with Gasteiger partial charge in [-0.1, -0.05) is 23.9 Å². The van der Waals surface area contributed by atoms with Gasteiger partial charge >= 0.3 is 0 Å². The van der Waals surface area contributed by atoms with Crippen LogP contribution in [0.15, 0.2) is 41.8 Å². The normalized spacial score (nSPS) is 12.3. The minimum absolute atomic E-state index is 0.344. The number of benzene rings is 1. The summed E-state index contributed by atoms with van der Waals surface area (Å²) in [6, 6.07) is 5.73. The second-order valence-corrected chi connectivity index (χ2v) is 4.84. The summed E-state index contributed by atoms with van der Waals surface area (Å²) in [6.45, 7) is 0. The number of aromatic nitrogens is 2. The first kappa shape index (κ1) is 12.6. The maximum atomic E-state index is 12.9. The number of aryl methyl sites for hydroxylation is 1. The van der Waals surface area contributed by atoms with Gasteiger partial charge in [0.1, 0.15) is 11.1 Å². The SMILES string of the molecule is Cn1ccnc1S[C@H](C(N)=O)c1ccc(F)cc1. The van der Waals surface area contributed by atoms with Crippen LogP contribution in [0.25, 0.3) is 0 Å². The third-order valence-electron chi connectivity index (χ3n) is 2.43. The Morgan fingerprint density at radius 3 is 2.61 bits per heavy atom. The summed E-state index contributed by atoms with van der Waals surface area (Å²) in [7, 11) is 1.83.